The minimum Gasteiger partial charge on any atom is -0.493 e. The van der Waals surface area contributed by atoms with Crippen molar-refractivity contribution >= 4 is 11.7 Å². The van der Waals surface area contributed by atoms with Crippen LogP contribution in [0.5, 0.6) is 11.5 Å². The van der Waals surface area contributed by atoms with E-state index in [2.05, 4.69) is 32.7 Å². The molecule has 0 saturated heterocycles. The molecule has 29 heavy (non-hydrogen) atoms. The Labute approximate surface area is 173 Å². The van der Waals surface area contributed by atoms with E-state index in [0.29, 0.717) is 17.3 Å². The second kappa shape index (κ2) is 8.72. The lowest BCUT2D eigenvalue weighted by Gasteiger charge is -2.23. The van der Waals surface area contributed by atoms with Crippen LogP contribution in [0.4, 0.5) is 5.82 Å². The largest absolute Gasteiger partial charge is 0.493 e. The number of benzene rings is 1. The van der Waals surface area contributed by atoms with Gasteiger partial charge in [0.05, 0.1) is 18.3 Å². The van der Waals surface area contributed by atoms with Crippen LogP contribution in [0.3, 0.4) is 0 Å². The van der Waals surface area contributed by atoms with Crippen LogP contribution in [0.1, 0.15) is 52.8 Å². The Morgan fingerprint density at radius 3 is 2.41 bits per heavy atom. The molecule has 6 heteroatoms. The summed E-state index contributed by atoms with van der Waals surface area (Å²) in [7, 11) is 1.58. The first kappa shape index (κ1) is 22.5. The average molecular weight is 400 g/mol. The van der Waals surface area contributed by atoms with Crippen LogP contribution in [0.25, 0.3) is 0 Å². The summed E-state index contributed by atoms with van der Waals surface area (Å²) in [5, 5.41) is 7.64. The van der Waals surface area contributed by atoms with E-state index >= 15 is 0 Å². The van der Waals surface area contributed by atoms with Crippen LogP contribution in [0.15, 0.2) is 36.9 Å². The molecule has 1 aromatic heterocycles. The molecule has 1 N–H and O–H groups in total. The second-order valence-electron chi connectivity index (χ2n) is 9.06. The number of allylic oxidation sites excluding steroid dienone is 1. The number of methoxy groups -OCH3 is 1. The van der Waals surface area contributed by atoms with Crippen LogP contribution in [0.2, 0.25) is 0 Å². The summed E-state index contributed by atoms with van der Waals surface area (Å²) in [4.78, 5) is 12.6. The molecule has 0 atom stereocenters. The van der Waals surface area contributed by atoms with Crippen molar-refractivity contribution < 1.29 is 14.3 Å². The Morgan fingerprint density at radius 2 is 1.86 bits per heavy atom. The highest BCUT2D eigenvalue weighted by Gasteiger charge is 2.25. The number of ether oxygens (including phenoxy) is 2. The van der Waals surface area contributed by atoms with Crippen molar-refractivity contribution in [2.75, 3.05) is 19.0 Å². The Balaban J connectivity index is 2.14. The Kier molecular flexibility index (Phi) is 6.77. The van der Waals surface area contributed by atoms with Gasteiger partial charge in [-0.3, -0.25) is 4.79 Å². The molecule has 0 fully saturated rings. The van der Waals surface area contributed by atoms with Crippen molar-refractivity contribution in [3.05, 3.63) is 48.2 Å². The van der Waals surface area contributed by atoms with Gasteiger partial charge in [-0.2, -0.15) is 5.10 Å². The Morgan fingerprint density at radius 1 is 1.17 bits per heavy atom. The van der Waals surface area contributed by atoms with Crippen molar-refractivity contribution in [3.8, 4) is 11.5 Å². The SMILES string of the molecule is C=CCc1ccc(OCC(=O)Nc2cc(C(C)(C)C)nn2C(C)(C)C)c(OC)c1. The Hall–Kier alpha value is -2.76. The zero-order valence-electron chi connectivity index (χ0n) is 18.6. The topological polar surface area (TPSA) is 65.4 Å². The summed E-state index contributed by atoms with van der Waals surface area (Å²) in [6.45, 7) is 16.1. The van der Waals surface area contributed by atoms with Gasteiger partial charge < -0.3 is 14.8 Å². The summed E-state index contributed by atoms with van der Waals surface area (Å²) in [5.74, 6) is 1.51. The van der Waals surface area contributed by atoms with Gasteiger partial charge in [-0.05, 0) is 44.9 Å². The third-order valence-corrected chi connectivity index (χ3v) is 4.35. The maximum Gasteiger partial charge on any atom is 0.263 e. The predicted molar refractivity (Wildman–Crippen MR) is 117 cm³/mol. The molecule has 6 nitrogen and oxygen atoms in total. The predicted octanol–water partition coefficient (Wildman–Crippen LogP) is 4.69. The van der Waals surface area contributed by atoms with Crippen molar-refractivity contribution in [3.63, 3.8) is 0 Å². The number of aromatic nitrogens is 2. The number of amides is 1. The first-order chi connectivity index (χ1) is 13.5. The fourth-order valence-corrected chi connectivity index (χ4v) is 2.80. The fourth-order valence-electron chi connectivity index (χ4n) is 2.80. The number of carbonyl (C=O) groups excluding carboxylic acids is 1. The molecule has 0 saturated carbocycles. The van der Waals surface area contributed by atoms with Gasteiger partial charge in [-0.25, -0.2) is 4.68 Å². The molecule has 0 bridgehead atoms. The summed E-state index contributed by atoms with van der Waals surface area (Å²) >= 11 is 0. The summed E-state index contributed by atoms with van der Waals surface area (Å²) < 4.78 is 12.9. The molecule has 2 rings (SSSR count). The molecule has 1 aromatic carbocycles. The summed E-state index contributed by atoms with van der Waals surface area (Å²) in [5.41, 5.74) is 1.60. The molecule has 0 aliphatic carbocycles. The first-order valence-corrected chi connectivity index (χ1v) is 9.77. The molecule has 1 amide bonds. The summed E-state index contributed by atoms with van der Waals surface area (Å²) in [6, 6.07) is 7.55. The van der Waals surface area contributed by atoms with Crippen LogP contribution in [-0.4, -0.2) is 29.4 Å². The van der Waals surface area contributed by atoms with E-state index in [1.807, 2.05) is 55.8 Å². The number of hydrogen-bond acceptors (Lipinski definition) is 4. The fraction of sp³-hybridized carbons (Fsp3) is 0.478. The van der Waals surface area contributed by atoms with E-state index in [1.165, 1.54) is 0 Å². The monoisotopic (exact) mass is 399 g/mol. The van der Waals surface area contributed by atoms with Gasteiger partial charge in [0, 0.05) is 11.5 Å². The molecule has 0 radical (unpaired) electrons. The van der Waals surface area contributed by atoms with Crippen molar-refractivity contribution in [1.82, 2.24) is 9.78 Å². The molecule has 158 valence electrons. The van der Waals surface area contributed by atoms with Crippen LogP contribution in [0, 0.1) is 0 Å². The van der Waals surface area contributed by atoms with E-state index in [1.54, 1.807) is 7.11 Å². The Bertz CT molecular complexity index is 870. The molecule has 0 aliphatic rings. The van der Waals surface area contributed by atoms with Crippen molar-refractivity contribution in [2.45, 2.75) is 58.9 Å². The maximum atomic E-state index is 12.6. The van der Waals surface area contributed by atoms with Crippen LogP contribution in [-0.2, 0) is 22.2 Å². The third-order valence-electron chi connectivity index (χ3n) is 4.35. The van der Waals surface area contributed by atoms with Gasteiger partial charge in [0.2, 0.25) is 0 Å². The van der Waals surface area contributed by atoms with E-state index < -0.39 is 0 Å². The number of anilines is 1. The first-order valence-electron chi connectivity index (χ1n) is 9.77. The molecule has 1 heterocycles. The lowest BCUT2D eigenvalue weighted by molar-refractivity contribution is -0.118. The molecule has 0 aliphatic heterocycles. The zero-order chi connectivity index (χ0) is 21.8. The minimum absolute atomic E-state index is 0.118. The number of rotatable bonds is 7. The quantitative estimate of drug-likeness (QED) is 0.686. The standard InChI is InChI=1S/C23H33N3O3/c1-9-10-16-11-12-17(18(13-16)28-8)29-15-21(27)24-20-14-19(22(2,3)4)25-26(20)23(5,6)7/h9,11-14H,1,10,15H2,2-8H3,(H,24,27). The number of hydrogen-bond donors (Lipinski definition) is 1. The molecule has 2 aromatic rings. The van der Waals surface area contributed by atoms with Gasteiger partial charge >= 0.3 is 0 Å². The lowest BCUT2D eigenvalue weighted by Crippen LogP contribution is -2.28. The molecular formula is C23H33N3O3. The smallest absolute Gasteiger partial charge is 0.263 e. The van der Waals surface area contributed by atoms with Gasteiger partial charge in [0.1, 0.15) is 5.82 Å². The van der Waals surface area contributed by atoms with Crippen LogP contribution < -0.4 is 14.8 Å². The van der Waals surface area contributed by atoms with Gasteiger partial charge in [0.25, 0.3) is 5.91 Å². The third kappa shape index (κ3) is 5.86. The van der Waals surface area contributed by atoms with E-state index in [-0.39, 0.29) is 23.5 Å². The van der Waals surface area contributed by atoms with E-state index in [4.69, 9.17) is 14.6 Å². The molecular weight excluding hydrogens is 366 g/mol. The number of carbonyl (C=O) groups is 1. The summed E-state index contributed by atoms with van der Waals surface area (Å²) in [6.07, 6.45) is 2.57. The highest BCUT2D eigenvalue weighted by Crippen LogP contribution is 2.30. The second-order valence-corrected chi connectivity index (χ2v) is 9.06. The van der Waals surface area contributed by atoms with Gasteiger partial charge in [0.15, 0.2) is 18.1 Å². The average Bonchev–Trinajstić information content (AvgIpc) is 3.05. The maximum absolute atomic E-state index is 12.6. The van der Waals surface area contributed by atoms with E-state index in [9.17, 15) is 4.79 Å². The number of nitrogens with one attached hydrogen (secondary N) is 1. The molecule has 0 unspecified atom stereocenters. The van der Waals surface area contributed by atoms with Gasteiger partial charge in [-0.15, -0.1) is 6.58 Å². The normalized spacial score (nSPS) is 11.8. The minimum atomic E-state index is -0.267. The highest BCUT2D eigenvalue weighted by atomic mass is 16.5. The van der Waals surface area contributed by atoms with Crippen molar-refractivity contribution in [1.29, 1.82) is 0 Å². The highest BCUT2D eigenvalue weighted by molar-refractivity contribution is 5.91. The van der Waals surface area contributed by atoms with Crippen molar-refractivity contribution in [2.24, 2.45) is 0 Å². The van der Waals surface area contributed by atoms with Gasteiger partial charge in [-0.1, -0.05) is 32.9 Å². The zero-order valence-corrected chi connectivity index (χ0v) is 18.6. The van der Waals surface area contributed by atoms with Crippen LogP contribution >= 0.6 is 0 Å². The lowest BCUT2D eigenvalue weighted by atomic mass is 9.92. The molecule has 0 spiro atoms. The van der Waals surface area contributed by atoms with E-state index in [0.717, 1.165) is 17.7 Å². The number of nitrogens with zero attached hydrogens (tertiary/aromatic N) is 2.